The molecule has 0 spiro atoms. The third kappa shape index (κ3) is 5.60. The van der Waals surface area contributed by atoms with E-state index in [2.05, 4.69) is 23.6 Å². The lowest BCUT2D eigenvalue weighted by molar-refractivity contribution is -0.139. The zero-order valence-electron chi connectivity index (χ0n) is 26.4. The van der Waals surface area contributed by atoms with Gasteiger partial charge in [-0.05, 0) is 62.7 Å². The average Bonchev–Trinajstić information content (AvgIpc) is 3.52. The van der Waals surface area contributed by atoms with Gasteiger partial charge in [-0.25, -0.2) is 9.79 Å². The molecule has 0 fully saturated rings. The Bertz CT molecular complexity index is 2140. The summed E-state index contributed by atoms with van der Waals surface area (Å²) in [5, 5.41) is 1.03. The first kappa shape index (κ1) is 30.9. The number of thiazole rings is 1. The smallest absolute Gasteiger partial charge is 0.338 e. The number of benzene rings is 3. The minimum atomic E-state index is -0.696. The molecule has 9 nitrogen and oxygen atoms in total. The summed E-state index contributed by atoms with van der Waals surface area (Å²) in [6.45, 7) is 6.83. The van der Waals surface area contributed by atoms with Crippen LogP contribution in [0.5, 0.6) is 17.2 Å². The van der Waals surface area contributed by atoms with E-state index in [1.165, 1.54) is 11.3 Å². The average molecular weight is 638 g/mol. The number of allylic oxidation sites excluding steroid dienone is 1. The van der Waals surface area contributed by atoms with Crippen LogP contribution in [0.2, 0.25) is 0 Å². The number of methoxy groups -OCH3 is 2. The second-order valence-corrected chi connectivity index (χ2v) is 11.8. The van der Waals surface area contributed by atoms with Crippen molar-refractivity contribution in [2.75, 3.05) is 27.4 Å². The van der Waals surface area contributed by atoms with E-state index in [9.17, 15) is 9.59 Å². The van der Waals surface area contributed by atoms with Gasteiger partial charge in [0.2, 0.25) is 0 Å². The Morgan fingerprint density at radius 1 is 0.957 bits per heavy atom. The highest BCUT2D eigenvalue weighted by atomic mass is 32.1. The number of hydrogen-bond donors (Lipinski definition) is 0. The lowest BCUT2D eigenvalue weighted by Crippen LogP contribution is -2.39. The topological polar surface area (TPSA) is 93.3 Å². The minimum Gasteiger partial charge on any atom is -0.497 e. The number of ether oxygens (including phenoxy) is 4. The second kappa shape index (κ2) is 13.1. The molecule has 0 bridgehead atoms. The molecule has 0 unspecified atom stereocenters. The second-order valence-electron chi connectivity index (χ2n) is 10.7. The van der Waals surface area contributed by atoms with E-state index in [1.54, 1.807) is 32.6 Å². The summed E-state index contributed by atoms with van der Waals surface area (Å²) in [6.07, 6.45) is 1.94. The van der Waals surface area contributed by atoms with Gasteiger partial charge in [0, 0.05) is 22.2 Å². The summed E-state index contributed by atoms with van der Waals surface area (Å²) in [5.74, 6) is 1.55. The molecule has 1 aliphatic rings. The van der Waals surface area contributed by atoms with Crippen molar-refractivity contribution < 1.29 is 23.7 Å². The van der Waals surface area contributed by atoms with Gasteiger partial charge in [-0.1, -0.05) is 53.8 Å². The molecule has 1 aliphatic heterocycles. The van der Waals surface area contributed by atoms with Crippen molar-refractivity contribution in [1.82, 2.24) is 9.13 Å². The Morgan fingerprint density at radius 2 is 1.67 bits per heavy atom. The van der Waals surface area contributed by atoms with Gasteiger partial charge in [0.05, 0.1) is 49.2 Å². The number of carbonyl (C=O) groups is 1. The molecule has 0 amide bonds. The fourth-order valence-corrected chi connectivity index (χ4v) is 6.97. The summed E-state index contributed by atoms with van der Waals surface area (Å²) >= 11 is 1.31. The predicted octanol–water partition coefficient (Wildman–Crippen LogP) is 5.16. The molecule has 0 radical (unpaired) electrons. The Kier molecular flexibility index (Phi) is 8.81. The maximum atomic E-state index is 14.2. The molecule has 1 atom stereocenters. The van der Waals surface area contributed by atoms with Crippen LogP contribution in [0, 0.1) is 6.92 Å². The molecule has 3 aromatic carbocycles. The molecule has 0 aliphatic carbocycles. The van der Waals surface area contributed by atoms with Gasteiger partial charge in [-0.15, -0.1) is 0 Å². The first-order chi connectivity index (χ1) is 22.4. The summed E-state index contributed by atoms with van der Waals surface area (Å²) in [4.78, 5) is 32.7. The van der Waals surface area contributed by atoms with Crippen LogP contribution < -0.4 is 29.1 Å². The van der Waals surface area contributed by atoms with Crippen molar-refractivity contribution in [2.45, 2.75) is 33.4 Å². The van der Waals surface area contributed by atoms with Crippen LogP contribution in [0.3, 0.4) is 0 Å². The number of aromatic nitrogens is 2. The van der Waals surface area contributed by atoms with Gasteiger partial charge in [0.1, 0.15) is 12.4 Å². The van der Waals surface area contributed by atoms with Crippen LogP contribution >= 0.6 is 11.3 Å². The number of esters is 1. The lowest BCUT2D eigenvalue weighted by Gasteiger charge is -2.24. The molecule has 10 heteroatoms. The van der Waals surface area contributed by atoms with Crippen LogP contribution in [-0.4, -0.2) is 42.5 Å². The number of rotatable bonds is 10. The maximum Gasteiger partial charge on any atom is 0.338 e. The zero-order chi connectivity index (χ0) is 32.4. The number of hydrogen-bond acceptors (Lipinski definition) is 8. The van der Waals surface area contributed by atoms with Crippen molar-refractivity contribution in [3.05, 3.63) is 121 Å². The Morgan fingerprint density at radius 3 is 2.39 bits per heavy atom. The van der Waals surface area contributed by atoms with Crippen molar-refractivity contribution in [3.8, 4) is 17.2 Å². The molecule has 46 heavy (non-hydrogen) atoms. The van der Waals surface area contributed by atoms with Gasteiger partial charge in [0.25, 0.3) is 5.56 Å². The summed E-state index contributed by atoms with van der Waals surface area (Å²) < 4.78 is 26.6. The largest absolute Gasteiger partial charge is 0.497 e. The van der Waals surface area contributed by atoms with Crippen molar-refractivity contribution >= 4 is 34.3 Å². The molecule has 0 N–H and O–H groups in total. The van der Waals surface area contributed by atoms with E-state index in [-0.39, 0.29) is 12.2 Å². The van der Waals surface area contributed by atoms with Crippen LogP contribution in [-0.2, 0) is 16.1 Å². The van der Waals surface area contributed by atoms with E-state index >= 15 is 0 Å². The molecule has 0 saturated carbocycles. The van der Waals surface area contributed by atoms with E-state index < -0.39 is 12.0 Å². The highest BCUT2D eigenvalue weighted by molar-refractivity contribution is 7.07. The first-order valence-electron chi connectivity index (χ1n) is 15.0. The zero-order valence-corrected chi connectivity index (χ0v) is 27.2. The Labute approximate surface area is 270 Å². The van der Waals surface area contributed by atoms with Crippen molar-refractivity contribution in [1.29, 1.82) is 0 Å². The summed E-state index contributed by atoms with van der Waals surface area (Å²) in [5.41, 5.74) is 4.39. The van der Waals surface area contributed by atoms with Crippen molar-refractivity contribution in [2.24, 2.45) is 4.99 Å². The van der Waals surface area contributed by atoms with Crippen molar-refractivity contribution in [3.63, 3.8) is 0 Å². The van der Waals surface area contributed by atoms with E-state index in [0.717, 1.165) is 27.7 Å². The Hall–Kier alpha value is -5.09. The molecule has 2 aromatic heterocycles. The number of nitrogens with zero attached hydrogens (tertiary/aromatic N) is 3. The normalized spacial score (nSPS) is 14.6. The van der Waals surface area contributed by atoms with Crippen LogP contribution in [0.4, 0.5) is 0 Å². The number of fused-ring (bicyclic) bond motifs is 2. The third-order valence-electron chi connectivity index (χ3n) is 8.15. The monoisotopic (exact) mass is 637 g/mol. The van der Waals surface area contributed by atoms with Gasteiger partial charge < -0.3 is 23.5 Å². The quantitative estimate of drug-likeness (QED) is 0.197. The SMILES string of the molecule is CCOC(=O)C1=C(C)N=c2s/c(=C/c3c(C)n(CCOc4ccccc4OC)c4ccccc34)c(=O)n2[C@@H]1c1ccc(OC)cc1. The van der Waals surface area contributed by atoms with E-state index in [4.69, 9.17) is 23.9 Å². The predicted molar refractivity (Wildman–Crippen MR) is 179 cm³/mol. The molecule has 0 saturated heterocycles. The van der Waals surface area contributed by atoms with Crippen LogP contribution in [0.15, 0.2) is 93.9 Å². The molecular weight excluding hydrogens is 602 g/mol. The highest BCUT2D eigenvalue weighted by Gasteiger charge is 2.33. The van der Waals surface area contributed by atoms with Crippen LogP contribution in [0.1, 0.15) is 36.7 Å². The van der Waals surface area contributed by atoms with Gasteiger partial charge >= 0.3 is 5.97 Å². The van der Waals surface area contributed by atoms with Crippen LogP contribution in [0.25, 0.3) is 17.0 Å². The summed E-state index contributed by atoms with van der Waals surface area (Å²) in [6, 6.07) is 22.4. The first-order valence-corrected chi connectivity index (χ1v) is 15.8. The number of carbonyl (C=O) groups excluding carboxylic acids is 1. The Balaban J connectivity index is 1.44. The summed E-state index contributed by atoms with van der Waals surface area (Å²) in [7, 11) is 3.22. The molecule has 6 rings (SSSR count). The standard InChI is InChI=1S/C36H35N3O6S/c1-6-44-35(41)32-22(2)37-36-39(33(32)24-15-17-25(42-4)18-16-24)34(40)31(46-36)21-27-23(3)38(28-12-8-7-11-26(27)28)19-20-45-30-14-10-9-13-29(30)43-5/h7-18,21,33H,6,19-20H2,1-5H3/b31-21+/t33-/m1/s1. The maximum absolute atomic E-state index is 14.2. The highest BCUT2D eigenvalue weighted by Crippen LogP contribution is 2.32. The third-order valence-corrected chi connectivity index (χ3v) is 9.13. The molecule has 5 aromatic rings. The molecule has 236 valence electrons. The van der Waals surface area contributed by atoms with Gasteiger partial charge in [-0.2, -0.15) is 0 Å². The number of para-hydroxylation sites is 3. The lowest BCUT2D eigenvalue weighted by atomic mass is 9.96. The van der Waals surface area contributed by atoms with E-state index in [1.807, 2.05) is 66.7 Å². The fourth-order valence-electron chi connectivity index (χ4n) is 5.94. The fraction of sp³-hybridized carbons (Fsp3) is 0.250. The molecular formula is C36H35N3O6S. The van der Waals surface area contributed by atoms with Gasteiger partial charge in [-0.3, -0.25) is 9.36 Å². The van der Waals surface area contributed by atoms with Gasteiger partial charge in [0.15, 0.2) is 16.3 Å². The minimum absolute atomic E-state index is 0.211. The van der Waals surface area contributed by atoms with E-state index in [0.29, 0.717) is 51.0 Å². The molecule has 3 heterocycles.